The van der Waals surface area contributed by atoms with Crippen molar-refractivity contribution in [1.82, 2.24) is 9.78 Å². The predicted molar refractivity (Wildman–Crippen MR) is 86.2 cm³/mol. The van der Waals surface area contributed by atoms with Crippen LogP contribution in [0.15, 0.2) is 59.1 Å². The number of hydrogen-bond donors (Lipinski definition) is 1. The Labute approximate surface area is 126 Å². The van der Waals surface area contributed by atoms with Crippen molar-refractivity contribution >= 4 is 21.7 Å². The fourth-order valence-corrected chi connectivity index (χ4v) is 2.75. The van der Waals surface area contributed by atoms with Gasteiger partial charge < -0.3 is 5.73 Å². The van der Waals surface area contributed by atoms with E-state index in [0.29, 0.717) is 5.82 Å². The predicted octanol–water partition coefficient (Wildman–Crippen LogP) is 4.10. The molecule has 0 atom stereocenters. The Hall–Kier alpha value is -2.07. The lowest BCUT2D eigenvalue weighted by atomic mass is 10.0. The average Bonchev–Trinajstić information content (AvgIpc) is 2.77. The molecule has 0 aliphatic carbocycles. The molecule has 2 N–H and O–H groups in total. The summed E-state index contributed by atoms with van der Waals surface area (Å²) in [4.78, 5) is 0. The third-order valence-corrected chi connectivity index (χ3v) is 3.97. The molecule has 0 saturated heterocycles. The monoisotopic (exact) mass is 327 g/mol. The van der Waals surface area contributed by atoms with Gasteiger partial charge in [-0.15, -0.1) is 0 Å². The van der Waals surface area contributed by atoms with Crippen LogP contribution < -0.4 is 5.73 Å². The largest absolute Gasteiger partial charge is 0.383 e. The van der Waals surface area contributed by atoms with Crippen LogP contribution in [0, 0.1) is 0 Å². The molecule has 20 heavy (non-hydrogen) atoms. The van der Waals surface area contributed by atoms with Crippen LogP contribution in [0.1, 0.15) is 0 Å². The van der Waals surface area contributed by atoms with Crippen LogP contribution in [0.5, 0.6) is 0 Å². The molecule has 2 aromatic carbocycles. The second-order valence-electron chi connectivity index (χ2n) is 4.58. The highest BCUT2D eigenvalue weighted by Crippen LogP contribution is 2.39. The van der Waals surface area contributed by atoms with Crippen molar-refractivity contribution in [3.05, 3.63) is 59.1 Å². The zero-order chi connectivity index (χ0) is 14.1. The summed E-state index contributed by atoms with van der Waals surface area (Å²) in [6.45, 7) is 0. The van der Waals surface area contributed by atoms with Crippen molar-refractivity contribution in [2.24, 2.45) is 7.05 Å². The molecule has 0 unspecified atom stereocenters. The van der Waals surface area contributed by atoms with E-state index in [0.717, 1.165) is 26.9 Å². The van der Waals surface area contributed by atoms with Crippen molar-refractivity contribution in [2.45, 2.75) is 0 Å². The topological polar surface area (TPSA) is 43.8 Å². The molecule has 0 aliphatic heterocycles. The summed E-state index contributed by atoms with van der Waals surface area (Å²) in [6.07, 6.45) is 0. The number of rotatable bonds is 2. The molecule has 0 spiro atoms. The number of halogens is 1. The van der Waals surface area contributed by atoms with E-state index in [-0.39, 0.29) is 0 Å². The van der Waals surface area contributed by atoms with Crippen LogP contribution in [0.3, 0.4) is 0 Å². The van der Waals surface area contributed by atoms with Gasteiger partial charge in [0.15, 0.2) is 0 Å². The number of nitrogens with two attached hydrogens (primary N) is 1. The highest BCUT2D eigenvalue weighted by Gasteiger charge is 2.18. The average molecular weight is 328 g/mol. The molecule has 3 nitrogen and oxygen atoms in total. The molecule has 0 saturated carbocycles. The molecule has 0 radical (unpaired) electrons. The van der Waals surface area contributed by atoms with Gasteiger partial charge in [0, 0.05) is 22.6 Å². The van der Waals surface area contributed by atoms with Gasteiger partial charge in [-0.05, 0) is 6.07 Å². The van der Waals surface area contributed by atoms with Crippen molar-refractivity contribution in [3.63, 3.8) is 0 Å². The Morgan fingerprint density at radius 3 is 2.35 bits per heavy atom. The van der Waals surface area contributed by atoms with Crippen molar-refractivity contribution in [1.29, 1.82) is 0 Å². The van der Waals surface area contributed by atoms with Gasteiger partial charge in [-0.3, -0.25) is 4.68 Å². The number of nitrogens with zero attached hydrogens (tertiary/aromatic N) is 2. The normalized spacial score (nSPS) is 10.7. The van der Waals surface area contributed by atoms with Gasteiger partial charge in [-0.2, -0.15) is 5.10 Å². The van der Waals surface area contributed by atoms with Crippen LogP contribution in [-0.4, -0.2) is 9.78 Å². The summed E-state index contributed by atoms with van der Waals surface area (Å²) in [5.74, 6) is 0.663. The van der Waals surface area contributed by atoms with E-state index in [9.17, 15) is 0 Å². The van der Waals surface area contributed by atoms with Gasteiger partial charge in [-0.1, -0.05) is 64.5 Å². The molecular formula is C16H14BrN3. The van der Waals surface area contributed by atoms with E-state index in [1.807, 2.05) is 61.6 Å². The number of aryl methyl sites for hydroxylation is 1. The Bertz CT molecular complexity index is 748. The lowest BCUT2D eigenvalue weighted by Crippen LogP contribution is -1.98. The maximum Gasteiger partial charge on any atom is 0.129 e. The van der Waals surface area contributed by atoms with E-state index in [1.165, 1.54) is 0 Å². The zero-order valence-corrected chi connectivity index (χ0v) is 12.6. The quantitative estimate of drug-likeness (QED) is 0.770. The van der Waals surface area contributed by atoms with Crippen LogP contribution in [0.25, 0.3) is 22.4 Å². The molecule has 0 amide bonds. The molecule has 1 heterocycles. The van der Waals surface area contributed by atoms with Gasteiger partial charge >= 0.3 is 0 Å². The minimum atomic E-state index is 0.663. The summed E-state index contributed by atoms with van der Waals surface area (Å²) in [5, 5.41) is 4.57. The van der Waals surface area contributed by atoms with Crippen LogP contribution in [0.4, 0.5) is 5.82 Å². The van der Waals surface area contributed by atoms with E-state index in [4.69, 9.17) is 5.73 Å². The molecule has 3 aromatic rings. The maximum atomic E-state index is 6.22. The third kappa shape index (κ3) is 2.12. The first-order chi connectivity index (χ1) is 9.68. The van der Waals surface area contributed by atoms with Gasteiger partial charge in [0.25, 0.3) is 0 Å². The summed E-state index contributed by atoms with van der Waals surface area (Å²) < 4.78 is 2.73. The van der Waals surface area contributed by atoms with E-state index in [2.05, 4.69) is 21.0 Å². The highest BCUT2D eigenvalue weighted by atomic mass is 79.9. The molecule has 0 aliphatic rings. The van der Waals surface area contributed by atoms with Crippen molar-refractivity contribution in [3.8, 4) is 22.4 Å². The number of aromatic nitrogens is 2. The first kappa shape index (κ1) is 12.9. The van der Waals surface area contributed by atoms with E-state index >= 15 is 0 Å². The summed E-state index contributed by atoms with van der Waals surface area (Å²) in [6, 6.07) is 18.1. The molecule has 4 heteroatoms. The smallest absolute Gasteiger partial charge is 0.129 e. The van der Waals surface area contributed by atoms with Crippen LogP contribution in [-0.2, 0) is 7.05 Å². The molecule has 3 rings (SSSR count). The SMILES string of the molecule is Cn1nc(-c2ccccc2)c(-c2ccccc2Br)c1N. The first-order valence-corrected chi connectivity index (χ1v) is 7.10. The summed E-state index contributed by atoms with van der Waals surface area (Å²) >= 11 is 3.59. The Morgan fingerprint density at radius 1 is 1.00 bits per heavy atom. The molecule has 0 fully saturated rings. The van der Waals surface area contributed by atoms with Gasteiger partial charge in [0.05, 0.1) is 5.56 Å². The Kier molecular flexibility index (Phi) is 3.32. The lowest BCUT2D eigenvalue weighted by Gasteiger charge is -2.06. The van der Waals surface area contributed by atoms with Gasteiger partial charge in [0.2, 0.25) is 0 Å². The van der Waals surface area contributed by atoms with Crippen LogP contribution >= 0.6 is 15.9 Å². The first-order valence-electron chi connectivity index (χ1n) is 6.31. The van der Waals surface area contributed by atoms with Gasteiger partial charge in [-0.25, -0.2) is 0 Å². The molecule has 100 valence electrons. The fourth-order valence-electron chi connectivity index (χ4n) is 2.26. The van der Waals surface area contributed by atoms with Crippen LogP contribution in [0.2, 0.25) is 0 Å². The number of benzene rings is 2. The fraction of sp³-hybridized carbons (Fsp3) is 0.0625. The van der Waals surface area contributed by atoms with Gasteiger partial charge in [0.1, 0.15) is 11.5 Å². The Balaban J connectivity index is 2.29. The second-order valence-corrected chi connectivity index (χ2v) is 5.43. The van der Waals surface area contributed by atoms with E-state index in [1.54, 1.807) is 4.68 Å². The standard InChI is InChI=1S/C16H14BrN3/c1-20-16(18)14(12-9-5-6-10-13(12)17)15(19-20)11-7-3-2-4-8-11/h2-10H,18H2,1H3. The molecule has 1 aromatic heterocycles. The number of anilines is 1. The number of nitrogen functional groups attached to an aromatic ring is 1. The minimum Gasteiger partial charge on any atom is -0.383 e. The number of hydrogen-bond acceptors (Lipinski definition) is 2. The third-order valence-electron chi connectivity index (χ3n) is 3.28. The minimum absolute atomic E-state index is 0.663. The second kappa shape index (κ2) is 5.13. The summed E-state index contributed by atoms with van der Waals surface area (Å²) in [5.41, 5.74) is 10.2. The zero-order valence-electron chi connectivity index (χ0n) is 11.0. The summed E-state index contributed by atoms with van der Waals surface area (Å²) in [7, 11) is 1.86. The molecule has 0 bridgehead atoms. The Morgan fingerprint density at radius 2 is 1.65 bits per heavy atom. The van der Waals surface area contributed by atoms with E-state index < -0.39 is 0 Å². The van der Waals surface area contributed by atoms with Crippen molar-refractivity contribution in [2.75, 3.05) is 5.73 Å². The van der Waals surface area contributed by atoms with Crippen molar-refractivity contribution < 1.29 is 0 Å². The highest BCUT2D eigenvalue weighted by molar-refractivity contribution is 9.10. The maximum absolute atomic E-state index is 6.22. The lowest BCUT2D eigenvalue weighted by molar-refractivity contribution is 0.782. The molecular weight excluding hydrogens is 314 g/mol.